The molecule has 0 atom stereocenters. The van der Waals surface area contributed by atoms with Crippen LogP contribution in [0.25, 0.3) is 11.6 Å². The molecule has 1 aliphatic heterocycles. The SMILES string of the molecule is CCc1ccc(C=C2C(=O)Nc3ccc(S(=O)(=O)NC)cc32)s1. The Bertz CT molecular complexity index is 911. The minimum atomic E-state index is -3.55. The lowest BCUT2D eigenvalue weighted by molar-refractivity contribution is -0.110. The Hall–Kier alpha value is -1.96. The van der Waals surface area contributed by atoms with E-state index in [1.807, 2.05) is 12.1 Å². The Morgan fingerprint density at radius 2 is 2.04 bits per heavy atom. The molecular weight excluding hydrogens is 332 g/mol. The lowest BCUT2D eigenvalue weighted by atomic mass is 10.1. The molecule has 0 radical (unpaired) electrons. The van der Waals surface area contributed by atoms with Crippen LogP contribution < -0.4 is 10.0 Å². The zero-order valence-corrected chi connectivity index (χ0v) is 14.3. The number of hydrogen-bond donors (Lipinski definition) is 2. The van der Waals surface area contributed by atoms with Gasteiger partial charge in [0, 0.05) is 21.0 Å². The van der Waals surface area contributed by atoms with E-state index < -0.39 is 10.0 Å². The maximum Gasteiger partial charge on any atom is 0.256 e. The van der Waals surface area contributed by atoms with Gasteiger partial charge in [-0.05, 0) is 49.9 Å². The van der Waals surface area contributed by atoms with E-state index in [9.17, 15) is 13.2 Å². The fourth-order valence-corrected chi connectivity index (χ4v) is 4.05. The molecule has 7 heteroatoms. The first kappa shape index (κ1) is 15.9. The molecule has 1 aromatic carbocycles. The summed E-state index contributed by atoms with van der Waals surface area (Å²) in [5.74, 6) is -0.217. The summed E-state index contributed by atoms with van der Waals surface area (Å²) in [6.45, 7) is 2.08. The minimum Gasteiger partial charge on any atom is -0.321 e. The number of carbonyl (C=O) groups excluding carboxylic acids is 1. The van der Waals surface area contributed by atoms with Crippen molar-refractivity contribution in [3.05, 3.63) is 45.6 Å². The van der Waals surface area contributed by atoms with Gasteiger partial charge in [-0.25, -0.2) is 13.1 Å². The molecule has 1 aliphatic rings. The molecule has 0 bridgehead atoms. The Morgan fingerprint density at radius 1 is 1.26 bits per heavy atom. The van der Waals surface area contributed by atoms with Gasteiger partial charge in [0.2, 0.25) is 10.0 Å². The Balaban J connectivity index is 2.08. The maximum absolute atomic E-state index is 12.2. The van der Waals surface area contributed by atoms with Crippen molar-refractivity contribution in [3.63, 3.8) is 0 Å². The predicted octanol–water partition coefficient (Wildman–Crippen LogP) is 2.71. The van der Waals surface area contributed by atoms with Crippen molar-refractivity contribution in [1.29, 1.82) is 0 Å². The third-order valence-electron chi connectivity index (χ3n) is 3.67. The highest BCUT2D eigenvalue weighted by Gasteiger charge is 2.26. The number of benzene rings is 1. The van der Waals surface area contributed by atoms with E-state index in [-0.39, 0.29) is 10.8 Å². The molecule has 2 N–H and O–H groups in total. The summed E-state index contributed by atoms with van der Waals surface area (Å²) in [6.07, 6.45) is 2.75. The second kappa shape index (κ2) is 5.92. The van der Waals surface area contributed by atoms with Gasteiger partial charge in [0.1, 0.15) is 0 Å². The molecule has 0 aliphatic carbocycles. The summed E-state index contributed by atoms with van der Waals surface area (Å²) in [6, 6.07) is 8.63. The molecule has 0 saturated carbocycles. The van der Waals surface area contributed by atoms with E-state index in [2.05, 4.69) is 17.0 Å². The van der Waals surface area contributed by atoms with E-state index in [1.165, 1.54) is 24.1 Å². The van der Waals surface area contributed by atoms with Gasteiger partial charge in [-0.2, -0.15) is 0 Å². The van der Waals surface area contributed by atoms with E-state index in [0.717, 1.165) is 11.3 Å². The highest BCUT2D eigenvalue weighted by atomic mass is 32.2. The van der Waals surface area contributed by atoms with E-state index in [0.29, 0.717) is 16.8 Å². The lowest BCUT2D eigenvalue weighted by Gasteiger charge is -2.05. The van der Waals surface area contributed by atoms with Crippen LogP contribution in [-0.4, -0.2) is 21.4 Å². The van der Waals surface area contributed by atoms with Crippen LogP contribution >= 0.6 is 11.3 Å². The van der Waals surface area contributed by atoms with E-state index in [4.69, 9.17) is 0 Å². The van der Waals surface area contributed by atoms with E-state index in [1.54, 1.807) is 23.5 Å². The molecule has 120 valence electrons. The van der Waals surface area contributed by atoms with Gasteiger partial charge in [-0.1, -0.05) is 6.92 Å². The highest BCUT2D eigenvalue weighted by molar-refractivity contribution is 7.89. The predicted molar refractivity (Wildman–Crippen MR) is 92.9 cm³/mol. The van der Waals surface area contributed by atoms with Gasteiger partial charge in [0.15, 0.2) is 0 Å². The van der Waals surface area contributed by atoms with Gasteiger partial charge in [0.05, 0.1) is 10.5 Å². The standard InChI is InChI=1S/C16H16N2O3S2/c1-3-10-4-5-11(22-10)8-14-13-9-12(23(20,21)17-2)6-7-15(13)18-16(14)19/h4-9,17H,3H2,1-2H3,(H,18,19). The third kappa shape index (κ3) is 2.95. The second-order valence-electron chi connectivity index (χ2n) is 5.08. The van der Waals surface area contributed by atoms with Crippen LogP contribution in [0.4, 0.5) is 5.69 Å². The first-order valence-corrected chi connectivity index (χ1v) is 9.44. The Morgan fingerprint density at radius 3 is 2.70 bits per heavy atom. The fourth-order valence-electron chi connectivity index (χ4n) is 2.40. The van der Waals surface area contributed by atoms with Crippen molar-refractivity contribution in [2.75, 3.05) is 12.4 Å². The first-order chi connectivity index (χ1) is 10.9. The molecule has 0 unspecified atom stereocenters. The second-order valence-corrected chi connectivity index (χ2v) is 8.17. The lowest BCUT2D eigenvalue weighted by Crippen LogP contribution is -2.18. The number of amides is 1. The topological polar surface area (TPSA) is 75.3 Å². The number of nitrogens with one attached hydrogen (secondary N) is 2. The van der Waals surface area contributed by atoms with Crippen molar-refractivity contribution in [2.45, 2.75) is 18.2 Å². The number of hydrogen-bond acceptors (Lipinski definition) is 4. The quantitative estimate of drug-likeness (QED) is 0.834. The van der Waals surface area contributed by atoms with Crippen molar-refractivity contribution < 1.29 is 13.2 Å². The summed E-state index contributed by atoms with van der Waals surface area (Å²) >= 11 is 1.62. The summed E-state index contributed by atoms with van der Waals surface area (Å²) < 4.78 is 26.2. The molecule has 0 fully saturated rings. The van der Waals surface area contributed by atoms with Gasteiger partial charge in [-0.3, -0.25) is 4.79 Å². The number of thiophene rings is 1. The van der Waals surface area contributed by atoms with E-state index >= 15 is 0 Å². The van der Waals surface area contributed by atoms with Crippen LogP contribution in [0.15, 0.2) is 35.2 Å². The normalized spacial score (nSPS) is 15.7. The molecule has 0 saturated heterocycles. The van der Waals surface area contributed by atoms with Crippen molar-refractivity contribution in [1.82, 2.24) is 4.72 Å². The average molecular weight is 348 g/mol. The van der Waals surface area contributed by atoms with Crippen molar-refractivity contribution >= 4 is 44.6 Å². The number of rotatable bonds is 4. The van der Waals surface area contributed by atoms with Gasteiger partial charge in [-0.15, -0.1) is 11.3 Å². The molecular formula is C16H16N2O3S2. The monoisotopic (exact) mass is 348 g/mol. The van der Waals surface area contributed by atoms with Crippen LogP contribution in [-0.2, 0) is 21.2 Å². The van der Waals surface area contributed by atoms with Crippen LogP contribution in [0.1, 0.15) is 22.2 Å². The number of sulfonamides is 1. The van der Waals surface area contributed by atoms with Crippen LogP contribution in [0.3, 0.4) is 0 Å². The summed E-state index contributed by atoms with van der Waals surface area (Å²) in [5.41, 5.74) is 1.72. The summed E-state index contributed by atoms with van der Waals surface area (Å²) in [5, 5.41) is 2.77. The fraction of sp³-hybridized carbons (Fsp3) is 0.188. The number of aryl methyl sites for hydroxylation is 1. The Kier molecular flexibility index (Phi) is 4.09. The molecule has 1 amide bonds. The first-order valence-electron chi connectivity index (χ1n) is 7.14. The minimum absolute atomic E-state index is 0.140. The van der Waals surface area contributed by atoms with Gasteiger partial charge >= 0.3 is 0 Å². The molecule has 2 aromatic rings. The molecule has 1 aromatic heterocycles. The maximum atomic E-state index is 12.2. The van der Waals surface area contributed by atoms with Crippen molar-refractivity contribution in [3.8, 4) is 0 Å². The van der Waals surface area contributed by atoms with Crippen LogP contribution in [0, 0.1) is 0 Å². The number of fused-ring (bicyclic) bond motifs is 1. The molecule has 2 heterocycles. The van der Waals surface area contributed by atoms with Crippen LogP contribution in [0.2, 0.25) is 0 Å². The summed E-state index contributed by atoms with van der Waals surface area (Å²) in [7, 11) is -2.19. The zero-order chi connectivity index (χ0) is 16.6. The molecule has 23 heavy (non-hydrogen) atoms. The summed E-state index contributed by atoms with van der Waals surface area (Å²) in [4.78, 5) is 14.6. The number of anilines is 1. The van der Waals surface area contributed by atoms with Crippen LogP contribution in [0.5, 0.6) is 0 Å². The molecule has 0 spiro atoms. The van der Waals surface area contributed by atoms with Crippen molar-refractivity contribution in [2.24, 2.45) is 0 Å². The number of carbonyl (C=O) groups is 1. The van der Waals surface area contributed by atoms with Gasteiger partial charge in [0.25, 0.3) is 5.91 Å². The average Bonchev–Trinajstić information content (AvgIpc) is 3.12. The third-order valence-corrected chi connectivity index (χ3v) is 6.26. The highest BCUT2D eigenvalue weighted by Crippen LogP contribution is 2.35. The Labute approximate surface area is 139 Å². The van der Waals surface area contributed by atoms with Gasteiger partial charge < -0.3 is 5.32 Å². The molecule has 5 nitrogen and oxygen atoms in total. The largest absolute Gasteiger partial charge is 0.321 e. The molecule has 3 rings (SSSR count). The zero-order valence-electron chi connectivity index (χ0n) is 12.7. The smallest absolute Gasteiger partial charge is 0.256 e.